The van der Waals surface area contributed by atoms with Crippen molar-refractivity contribution in [3.05, 3.63) is 40.5 Å². The Hall–Kier alpha value is -1.50. The van der Waals surface area contributed by atoms with Gasteiger partial charge in [0.25, 0.3) is 0 Å². The summed E-state index contributed by atoms with van der Waals surface area (Å²) < 4.78 is 12.1. The molecule has 0 N–H and O–H groups in total. The molecule has 2 aliphatic heterocycles. The van der Waals surface area contributed by atoms with Gasteiger partial charge in [0.05, 0.1) is 18.4 Å². The summed E-state index contributed by atoms with van der Waals surface area (Å²) in [5.74, 6) is 0.611. The average molecular weight is 331 g/mol. The van der Waals surface area contributed by atoms with Crippen LogP contribution in [0.25, 0.3) is 0 Å². The summed E-state index contributed by atoms with van der Waals surface area (Å²) in [6, 6.07) is 4.42. The van der Waals surface area contributed by atoms with Crippen molar-refractivity contribution < 1.29 is 9.47 Å². The summed E-state index contributed by atoms with van der Waals surface area (Å²) in [5.41, 5.74) is -0.0303. The molecular weight excluding hydrogens is 310 g/mol. The molecule has 2 aromatic rings. The van der Waals surface area contributed by atoms with Crippen LogP contribution in [0.1, 0.15) is 22.6 Å². The van der Waals surface area contributed by atoms with Crippen LogP contribution in [0.4, 0.5) is 0 Å². The molecule has 2 saturated heterocycles. The molecule has 0 radical (unpaired) electrons. The lowest BCUT2D eigenvalue weighted by Gasteiger charge is -2.53. The minimum absolute atomic E-state index is 0.0303. The van der Waals surface area contributed by atoms with Crippen LogP contribution in [0.2, 0.25) is 0 Å². The maximum atomic E-state index is 6.09. The van der Waals surface area contributed by atoms with E-state index in [1.807, 2.05) is 11.3 Å². The van der Waals surface area contributed by atoms with Crippen molar-refractivity contribution in [3.8, 4) is 5.88 Å². The molecule has 6 heteroatoms. The molecule has 1 atom stereocenters. The molecule has 0 aliphatic carbocycles. The Balaban J connectivity index is 1.32. The summed E-state index contributed by atoms with van der Waals surface area (Å²) in [4.78, 5) is 13.5. The quantitative estimate of drug-likeness (QED) is 0.862. The first-order valence-electron chi connectivity index (χ1n) is 8.05. The molecule has 4 rings (SSSR count). The second-order valence-electron chi connectivity index (χ2n) is 6.47. The van der Waals surface area contributed by atoms with Crippen LogP contribution in [0.15, 0.2) is 30.7 Å². The van der Waals surface area contributed by atoms with Crippen LogP contribution in [-0.4, -0.2) is 46.3 Å². The minimum atomic E-state index is -0.0303. The van der Waals surface area contributed by atoms with E-state index in [2.05, 4.69) is 33.9 Å². The number of hydrogen-bond donors (Lipinski definition) is 0. The van der Waals surface area contributed by atoms with E-state index in [1.54, 1.807) is 18.6 Å². The highest BCUT2D eigenvalue weighted by molar-refractivity contribution is 7.11. The third kappa shape index (κ3) is 3.39. The zero-order chi connectivity index (χ0) is 15.7. The Morgan fingerprint density at radius 3 is 3.04 bits per heavy atom. The van der Waals surface area contributed by atoms with Gasteiger partial charge in [-0.15, -0.1) is 11.3 Å². The molecule has 23 heavy (non-hydrogen) atoms. The normalized spacial score (nSPS) is 23.6. The van der Waals surface area contributed by atoms with Gasteiger partial charge < -0.3 is 9.47 Å². The molecule has 2 fully saturated rings. The van der Waals surface area contributed by atoms with Gasteiger partial charge in [0.2, 0.25) is 5.88 Å². The Kier molecular flexibility index (Phi) is 4.05. The summed E-state index contributed by atoms with van der Waals surface area (Å²) in [7, 11) is 0. The van der Waals surface area contributed by atoms with Crippen molar-refractivity contribution in [1.82, 2.24) is 14.9 Å². The van der Waals surface area contributed by atoms with E-state index in [4.69, 9.17) is 9.47 Å². The van der Waals surface area contributed by atoms with E-state index in [-0.39, 0.29) is 11.7 Å². The van der Waals surface area contributed by atoms with E-state index in [0.29, 0.717) is 5.88 Å². The topological polar surface area (TPSA) is 47.5 Å². The molecule has 0 saturated carbocycles. The van der Waals surface area contributed by atoms with Crippen LogP contribution in [0.3, 0.4) is 0 Å². The Morgan fingerprint density at radius 1 is 1.39 bits per heavy atom. The van der Waals surface area contributed by atoms with E-state index in [9.17, 15) is 0 Å². The smallest absolute Gasteiger partial charge is 0.232 e. The summed E-state index contributed by atoms with van der Waals surface area (Å²) >= 11 is 1.88. The molecule has 0 unspecified atom stereocenters. The first-order chi connectivity index (χ1) is 11.2. The van der Waals surface area contributed by atoms with Gasteiger partial charge in [0.1, 0.15) is 6.10 Å². The largest absolute Gasteiger partial charge is 0.473 e. The summed E-state index contributed by atoms with van der Waals surface area (Å²) in [5, 5.41) is 0. The SMILES string of the molecule is Cc1ccc(CN2CC3(C[C@H](Oc4cnccn4)CCO3)C2)s1. The zero-order valence-electron chi connectivity index (χ0n) is 13.3. The van der Waals surface area contributed by atoms with Crippen LogP contribution in [-0.2, 0) is 11.3 Å². The van der Waals surface area contributed by atoms with Gasteiger partial charge >= 0.3 is 0 Å². The number of thiophene rings is 1. The predicted octanol–water partition coefficient (Wildman–Crippen LogP) is 2.66. The molecule has 2 aromatic heterocycles. The molecular formula is C17H21N3O2S. The number of rotatable bonds is 4. The fourth-order valence-corrected chi connectivity index (χ4v) is 4.42. The number of aryl methyl sites for hydroxylation is 1. The Morgan fingerprint density at radius 2 is 2.30 bits per heavy atom. The van der Waals surface area contributed by atoms with Crippen molar-refractivity contribution in [2.24, 2.45) is 0 Å². The molecule has 1 spiro atoms. The Bertz CT molecular complexity index is 655. The summed E-state index contributed by atoms with van der Waals surface area (Å²) in [6.07, 6.45) is 7.03. The number of aromatic nitrogens is 2. The number of hydrogen-bond acceptors (Lipinski definition) is 6. The average Bonchev–Trinajstić information content (AvgIpc) is 2.92. The fourth-order valence-electron chi connectivity index (χ4n) is 3.49. The molecule has 0 amide bonds. The third-order valence-corrected chi connectivity index (χ3v) is 5.46. The molecule has 122 valence electrons. The van der Waals surface area contributed by atoms with Crippen molar-refractivity contribution in [2.45, 2.75) is 38.0 Å². The van der Waals surface area contributed by atoms with E-state index < -0.39 is 0 Å². The van der Waals surface area contributed by atoms with E-state index in [0.717, 1.165) is 39.1 Å². The van der Waals surface area contributed by atoms with Crippen molar-refractivity contribution in [3.63, 3.8) is 0 Å². The Labute approximate surface area is 140 Å². The van der Waals surface area contributed by atoms with E-state index >= 15 is 0 Å². The molecule has 0 aromatic carbocycles. The minimum Gasteiger partial charge on any atom is -0.473 e. The molecule has 0 bridgehead atoms. The van der Waals surface area contributed by atoms with Crippen LogP contribution < -0.4 is 4.74 Å². The third-order valence-electron chi connectivity index (χ3n) is 4.47. The van der Waals surface area contributed by atoms with Gasteiger partial charge in [-0.1, -0.05) is 0 Å². The second kappa shape index (κ2) is 6.19. The maximum Gasteiger partial charge on any atom is 0.232 e. The van der Waals surface area contributed by atoms with Gasteiger partial charge in [-0.25, -0.2) is 4.98 Å². The van der Waals surface area contributed by atoms with Crippen molar-refractivity contribution in [1.29, 1.82) is 0 Å². The second-order valence-corrected chi connectivity index (χ2v) is 7.84. The highest BCUT2D eigenvalue weighted by Gasteiger charge is 2.48. The zero-order valence-corrected chi connectivity index (χ0v) is 14.1. The fraction of sp³-hybridized carbons (Fsp3) is 0.529. The lowest BCUT2D eigenvalue weighted by atomic mass is 9.84. The maximum absolute atomic E-state index is 6.09. The predicted molar refractivity (Wildman–Crippen MR) is 88.7 cm³/mol. The molecule has 2 aliphatic rings. The van der Waals surface area contributed by atoms with Gasteiger partial charge in [-0.2, -0.15) is 0 Å². The van der Waals surface area contributed by atoms with Crippen molar-refractivity contribution in [2.75, 3.05) is 19.7 Å². The molecule has 5 nitrogen and oxygen atoms in total. The van der Waals surface area contributed by atoms with Gasteiger partial charge in [-0.3, -0.25) is 9.88 Å². The number of likely N-dealkylation sites (tertiary alicyclic amines) is 1. The first-order valence-corrected chi connectivity index (χ1v) is 8.87. The van der Waals surface area contributed by atoms with Gasteiger partial charge in [0.15, 0.2) is 0 Å². The van der Waals surface area contributed by atoms with Crippen molar-refractivity contribution >= 4 is 11.3 Å². The van der Waals surface area contributed by atoms with Crippen LogP contribution in [0.5, 0.6) is 5.88 Å². The lowest BCUT2D eigenvalue weighted by molar-refractivity contribution is -0.188. The number of nitrogens with zero attached hydrogens (tertiary/aromatic N) is 3. The monoisotopic (exact) mass is 331 g/mol. The highest BCUT2D eigenvalue weighted by atomic mass is 32.1. The lowest BCUT2D eigenvalue weighted by Crippen LogP contribution is -2.65. The molecule has 4 heterocycles. The van der Waals surface area contributed by atoms with Crippen LogP contribution >= 0.6 is 11.3 Å². The van der Waals surface area contributed by atoms with E-state index in [1.165, 1.54) is 9.75 Å². The highest BCUT2D eigenvalue weighted by Crippen LogP contribution is 2.36. The number of ether oxygens (including phenoxy) is 2. The first kappa shape index (κ1) is 15.1. The summed E-state index contributed by atoms with van der Waals surface area (Å²) in [6.45, 7) is 5.93. The van der Waals surface area contributed by atoms with Gasteiger partial charge in [-0.05, 0) is 19.1 Å². The standard InChI is InChI=1S/C17H21N3O2S/c1-13-2-3-15(23-13)10-20-11-17(12-20)8-14(4-7-21-17)22-16-9-18-5-6-19-16/h2-3,5-6,9,14H,4,7-8,10-12H2,1H3/t14-/m1/s1. The van der Waals surface area contributed by atoms with Gasteiger partial charge in [0, 0.05) is 54.6 Å². The van der Waals surface area contributed by atoms with Crippen LogP contribution in [0, 0.1) is 6.92 Å².